The minimum atomic E-state index is -0.497. The van der Waals surface area contributed by atoms with E-state index in [1.54, 1.807) is 12.3 Å². The third-order valence-corrected chi connectivity index (χ3v) is 5.29. The molecule has 5 atom stereocenters. The van der Waals surface area contributed by atoms with Crippen molar-refractivity contribution in [1.29, 1.82) is 0 Å². The van der Waals surface area contributed by atoms with Gasteiger partial charge in [0.1, 0.15) is 11.6 Å². The van der Waals surface area contributed by atoms with E-state index in [2.05, 4.69) is 14.5 Å². The van der Waals surface area contributed by atoms with Crippen LogP contribution in [0.1, 0.15) is 26.3 Å². The van der Waals surface area contributed by atoms with Gasteiger partial charge in [0.25, 0.3) is 0 Å². The van der Waals surface area contributed by atoms with Gasteiger partial charge in [-0.15, -0.1) is 0 Å². The molecule has 0 aromatic carbocycles. The summed E-state index contributed by atoms with van der Waals surface area (Å²) >= 11 is 6.21. The number of ether oxygens (including phenoxy) is 2. The SMILES string of the molecule is CC1(C)O[C@@H]2[C@@H]3C[C@@H]3[C@@H](n3cnc4c(Cl)ccnc43)[C@@H]2O1. The molecule has 2 aliphatic carbocycles. The molecule has 2 aromatic rings. The molecule has 0 N–H and O–H groups in total. The lowest BCUT2D eigenvalue weighted by Gasteiger charge is -2.24. The maximum absolute atomic E-state index is 6.21. The van der Waals surface area contributed by atoms with Crippen LogP contribution in [0.25, 0.3) is 11.2 Å². The van der Waals surface area contributed by atoms with Gasteiger partial charge in [-0.2, -0.15) is 0 Å². The van der Waals surface area contributed by atoms with Gasteiger partial charge in [0, 0.05) is 6.20 Å². The van der Waals surface area contributed by atoms with Gasteiger partial charge in [-0.1, -0.05) is 11.6 Å². The number of fused-ring (bicyclic) bond motifs is 4. The topological polar surface area (TPSA) is 49.2 Å². The smallest absolute Gasteiger partial charge is 0.163 e. The number of halogens is 1. The van der Waals surface area contributed by atoms with Gasteiger partial charge in [-0.05, 0) is 38.2 Å². The molecule has 1 saturated heterocycles. The van der Waals surface area contributed by atoms with Crippen LogP contribution in [0.5, 0.6) is 0 Å². The van der Waals surface area contributed by atoms with E-state index in [9.17, 15) is 0 Å². The zero-order valence-corrected chi connectivity index (χ0v) is 12.6. The third kappa shape index (κ3) is 1.59. The average molecular weight is 306 g/mol. The Hall–Kier alpha value is -1.17. The van der Waals surface area contributed by atoms with Crippen LogP contribution in [0.4, 0.5) is 0 Å². The van der Waals surface area contributed by atoms with E-state index in [0.29, 0.717) is 16.9 Å². The van der Waals surface area contributed by atoms with Crippen LogP contribution >= 0.6 is 11.6 Å². The molecule has 0 bridgehead atoms. The second-order valence-electron chi connectivity index (χ2n) is 6.74. The first-order valence-electron chi connectivity index (χ1n) is 7.38. The maximum atomic E-state index is 6.21. The zero-order chi connectivity index (χ0) is 14.4. The van der Waals surface area contributed by atoms with Gasteiger partial charge in [0.05, 0.1) is 23.5 Å². The van der Waals surface area contributed by atoms with Crippen molar-refractivity contribution in [1.82, 2.24) is 14.5 Å². The van der Waals surface area contributed by atoms with Crippen molar-refractivity contribution >= 4 is 22.8 Å². The van der Waals surface area contributed by atoms with Crippen molar-refractivity contribution in [3.05, 3.63) is 23.6 Å². The van der Waals surface area contributed by atoms with E-state index in [0.717, 1.165) is 11.2 Å². The lowest BCUT2D eigenvalue weighted by molar-refractivity contribution is -0.156. The van der Waals surface area contributed by atoms with E-state index in [1.807, 2.05) is 20.2 Å². The van der Waals surface area contributed by atoms with Crippen LogP contribution in [-0.4, -0.2) is 32.5 Å². The molecule has 0 amide bonds. The summed E-state index contributed by atoms with van der Waals surface area (Å²) in [4.78, 5) is 8.91. The fourth-order valence-electron chi connectivity index (χ4n) is 4.15. The highest BCUT2D eigenvalue weighted by molar-refractivity contribution is 6.34. The first kappa shape index (κ1) is 12.4. The molecule has 6 heteroatoms. The molecule has 5 rings (SSSR count). The van der Waals surface area contributed by atoms with Crippen molar-refractivity contribution in [2.45, 2.75) is 44.3 Å². The second-order valence-corrected chi connectivity index (χ2v) is 7.14. The van der Waals surface area contributed by atoms with Gasteiger partial charge < -0.3 is 14.0 Å². The average Bonchev–Trinajstić information content (AvgIpc) is 2.82. The molecule has 3 aliphatic rings. The molecule has 2 saturated carbocycles. The molecular weight excluding hydrogens is 290 g/mol. The first-order valence-corrected chi connectivity index (χ1v) is 7.76. The highest BCUT2D eigenvalue weighted by Crippen LogP contribution is 2.63. The van der Waals surface area contributed by atoms with Crippen molar-refractivity contribution in [2.75, 3.05) is 0 Å². The summed E-state index contributed by atoms with van der Waals surface area (Å²) < 4.78 is 14.4. The fraction of sp³-hybridized carbons (Fsp3) is 0.600. The minimum Gasteiger partial charge on any atom is -0.344 e. The Bertz CT molecular complexity index is 744. The Morgan fingerprint density at radius 2 is 2.05 bits per heavy atom. The highest BCUT2D eigenvalue weighted by Gasteiger charge is 2.66. The summed E-state index contributed by atoms with van der Waals surface area (Å²) in [6.07, 6.45) is 5.07. The fourth-order valence-corrected chi connectivity index (χ4v) is 4.34. The van der Waals surface area contributed by atoms with Gasteiger partial charge in [-0.25, -0.2) is 9.97 Å². The van der Waals surface area contributed by atoms with E-state index in [4.69, 9.17) is 21.1 Å². The normalized spacial score (nSPS) is 39.5. The van der Waals surface area contributed by atoms with Gasteiger partial charge >= 0.3 is 0 Å². The van der Waals surface area contributed by atoms with E-state index in [-0.39, 0.29) is 18.2 Å². The summed E-state index contributed by atoms with van der Waals surface area (Å²) in [7, 11) is 0. The predicted molar refractivity (Wildman–Crippen MR) is 77.0 cm³/mol. The largest absolute Gasteiger partial charge is 0.344 e. The molecule has 0 spiro atoms. The molecule has 21 heavy (non-hydrogen) atoms. The maximum Gasteiger partial charge on any atom is 0.163 e. The quantitative estimate of drug-likeness (QED) is 0.813. The molecule has 1 aliphatic heterocycles. The van der Waals surface area contributed by atoms with E-state index in [1.165, 1.54) is 6.42 Å². The Kier molecular flexibility index (Phi) is 2.22. The van der Waals surface area contributed by atoms with E-state index < -0.39 is 5.79 Å². The van der Waals surface area contributed by atoms with Crippen LogP contribution in [0.2, 0.25) is 5.02 Å². The standard InChI is InChI=1S/C15H16ClN3O2/c1-15(2)20-12-8-5-7(8)11(13(12)21-15)19-6-18-10-9(16)3-4-17-14(10)19/h3-4,6-8,11-13H,5H2,1-2H3/t7-,8+,11+,12+,13-/m0/s1. The molecule has 110 valence electrons. The predicted octanol–water partition coefficient (Wildman–Crippen LogP) is 2.80. The highest BCUT2D eigenvalue weighted by atomic mass is 35.5. The summed E-state index contributed by atoms with van der Waals surface area (Å²) in [5.41, 5.74) is 1.60. The number of rotatable bonds is 1. The monoisotopic (exact) mass is 305 g/mol. The molecule has 3 fully saturated rings. The number of imidazole rings is 1. The summed E-state index contributed by atoms with van der Waals surface area (Å²) in [5.74, 6) is 0.718. The molecule has 0 radical (unpaired) electrons. The number of hydrogen-bond donors (Lipinski definition) is 0. The first-order chi connectivity index (χ1) is 10.1. The van der Waals surface area contributed by atoms with Crippen LogP contribution in [0.3, 0.4) is 0 Å². The van der Waals surface area contributed by atoms with Gasteiger partial charge in [0.2, 0.25) is 0 Å². The lowest BCUT2D eigenvalue weighted by Crippen LogP contribution is -2.29. The second kappa shape index (κ2) is 3.77. The van der Waals surface area contributed by atoms with Crippen molar-refractivity contribution in [2.24, 2.45) is 11.8 Å². The molecule has 5 nitrogen and oxygen atoms in total. The van der Waals surface area contributed by atoms with Gasteiger partial charge in [0.15, 0.2) is 11.4 Å². The zero-order valence-electron chi connectivity index (χ0n) is 11.9. The van der Waals surface area contributed by atoms with E-state index >= 15 is 0 Å². The molecule has 0 unspecified atom stereocenters. The van der Waals surface area contributed by atoms with Crippen molar-refractivity contribution in [3.63, 3.8) is 0 Å². The number of aromatic nitrogens is 3. The van der Waals surface area contributed by atoms with Crippen LogP contribution in [-0.2, 0) is 9.47 Å². The summed E-state index contributed by atoms with van der Waals surface area (Å²) in [6, 6.07) is 2.02. The van der Waals surface area contributed by atoms with Crippen LogP contribution in [0.15, 0.2) is 18.6 Å². The summed E-state index contributed by atoms with van der Waals surface area (Å²) in [6.45, 7) is 3.97. The Labute approximate surface area is 127 Å². The van der Waals surface area contributed by atoms with Crippen LogP contribution < -0.4 is 0 Å². The van der Waals surface area contributed by atoms with Crippen molar-refractivity contribution in [3.8, 4) is 0 Å². The minimum absolute atomic E-state index is 0.0851. The number of hydrogen-bond acceptors (Lipinski definition) is 4. The van der Waals surface area contributed by atoms with Crippen molar-refractivity contribution < 1.29 is 9.47 Å². The number of nitrogens with zero attached hydrogens (tertiary/aromatic N) is 3. The summed E-state index contributed by atoms with van der Waals surface area (Å²) in [5, 5.41) is 0.643. The molecule has 3 heterocycles. The Balaban J connectivity index is 1.62. The Morgan fingerprint density at radius 3 is 2.90 bits per heavy atom. The number of pyridine rings is 1. The molecular formula is C15H16ClN3O2. The van der Waals surface area contributed by atoms with Crippen LogP contribution in [0, 0.1) is 11.8 Å². The third-order valence-electron chi connectivity index (χ3n) is 4.98. The Morgan fingerprint density at radius 1 is 1.24 bits per heavy atom. The lowest BCUT2D eigenvalue weighted by atomic mass is 10.1. The van der Waals surface area contributed by atoms with Gasteiger partial charge in [-0.3, -0.25) is 0 Å². The molecule has 2 aromatic heterocycles.